The van der Waals surface area contributed by atoms with Crippen molar-refractivity contribution >= 4 is 11.4 Å². The van der Waals surface area contributed by atoms with E-state index in [1.165, 1.54) is 0 Å². The van der Waals surface area contributed by atoms with Gasteiger partial charge in [-0.05, 0) is 6.07 Å². The molecule has 0 aromatic heterocycles. The van der Waals surface area contributed by atoms with Crippen LogP contribution in [0.1, 0.15) is 0 Å². The Morgan fingerprint density at radius 2 is 2.00 bits per heavy atom. The second-order valence-corrected chi connectivity index (χ2v) is 2.70. The third-order valence-electron chi connectivity index (χ3n) is 1.63. The first kappa shape index (κ1) is 11.4. The SMILES string of the molecule is O=[N+]([O-])C=CNc1cc([N+](=O)[O-])ccc1O. The van der Waals surface area contributed by atoms with Crippen molar-refractivity contribution in [2.45, 2.75) is 0 Å². The van der Waals surface area contributed by atoms with Crippen molar-refractivity contribution in [2.24, 2.45) is 0 Å². The fourth-order valence-electron chi connectivity index (χ4n) is 0.941. The number of phenols is 1. The minimum Gasteiger partial charge on any atom is -0.506 e. The molecule has 0 radical (unpaired) electrons. The zero-order valence-corrected chi connectivity index (χ0v) is 7.86. The second-order valence-electron chi connectivity index (χ2n) is 2.70. The number of rotatable bonds is 4. The summed E-state index contributed by atoms with van der Waals surface area (Å²) in [5.41, 5.74) is -0.206. The minimum atomic E-state index is -0.707. The predicted octanol–water partition coefficient (Wildman–Crippen LogP) is 1.46. The monoisotopic (exact) mass is 225 g/mol. The lowest BCUT2D eigenvalue weighted by Crippen LogP contribution is -1.93. The number of nitrogens with zero attached hydrogens (tertiary/aromatic N) is 2. The highest BCUT2D eigenvalue weighted by Crippen LogP contribution is 2.27. The van der Waals surface area contributed by atoms with Crippen molar-refractivity contribution in [1.82, 2.24) is 0 Å². The van der Waals surface area contributed by atoms with Crippen LogP contribution in [0.25, 0.3) is 0 Å². The van der Waals surface area contributed by atoms with E-state index in [0.29, 0.717) is 6.20 Å². The summed E-state index contributed by atoms with van der Waals surface area (Å²) >= 11 is 0. The average molecular weight is 225 g/mol. The Morgan fingerprint density at radius 3 is 2.56 bits per heavy atom. The third kappa shape index (κ3) is 2.94. The number of aromatic hydroxyl groups is 1. The molecule has 8 nitrogen and oxygen atoms in total. The van der Waals surface area contributed by atoms with Crippen molar-refractivity contribution in [1.29, 1.82) is 0 Å². The summed E-state index contributed by atoms with van der Waals surface area (Å²) in [7, 11) is 0. The molecule has 0 aliphatic carbocycles. The molecule has 0 spiro atoms. The summed E-state index contributed by atoms with van der Waals surface area (Å²) in [6, 6.07) is 3.32. The standard InChI is InChI=1S/C8H7N3O5/c12-8-2-1-6(11(15)16)5-7(8)9-3-4-10(13)14/h1-5,9,12H. The van der Waals surface area contributed by atoms with E-state index in [9.17, 15) is 25.3 Å². The van der Waals surface area contributed by atoms with Gasteiger partial charge in [0.15, 0.2) is 0 Å². The molecule has 1 aromatic rings. The fraction of sp³-hybridized carbons (Fsp3) is 0. The summed E-state index contributed by atoms with van der Waals surface area (Å²) in [6.07, 6.45) is 1.57. The average Bonchev–Trinajstić information content (AvgIpc) is 2.20. The lowest BCUT2D eigenvalue weighted by atomic mass is 10.2. The van der Waals surface area contributed by atoms with Gasteiger partial charge in [0, 0.05) is 12.1 Å². The smallest absolute Gasteiger partial charge is 0.271 e. The lowest BCUT2D eigenvalue weighted by Gasteiger charge is -2.02. The zero-order valence-electron chi connectivity index (χ0n) is 7.86. The first-order valence-electron chi connectivity index (χ1n) is 4.05. The number of hydrogen-bond acceptors (Lipinski definition) is 6. The van der Waals surface area contributed by atoms with Gasteiger partial charge in [-0.1, -0.05) is 0 Å². The number of anilines is 1. The number of benzene rings is 1. The minimum absolute atomic E-state index is 0.0206. The third-order valence-corrected chi connectivity index (χ3v) is 1.63. The molecule has 0 aliphatic rings. The Balaban J connectivity index is 2.90. The van der Waals surface area contributed by atoms with Gasteiger partial charge in [-0.3, -0.25) is 20.2 Å². The highest BCUT2D eigenvalue weighted by Gasteiger charge is 2.09. The molecule has 84 valence electrons. The molecule has 1 rings (SSSR count). The molecular weight excluding hydrogens is 218 g/mol. The van der Waals surface area contributed by atoms with E-state index in [1.54, 1.807) is 0 Å². The molecule has 1 aromatic carbocycles. The topological polar surface area (TPSA) is 119 Å². The number of nitro groups is 2. The Morgan fingerprint density at radius 1 is 1.31 bits per heavy atom. The van der Waals surface area contributed by atoms with E-state index >= 15 is 0 Å². The molecule has 0 heterocycles. The molecule has 0 atom stereocenters. The van der Waals surface area contributed by atoms with Crippen LogP contribution in [-0.4, -0.2) is 15.0 Å². The van der Waals surface area contributed by atoms with Gasteiger partial charge >= 0.3 is 0 Å². The number of nitro benzene ring substituents is 1. The van der Waals surface area contributed by atoms with E-state index in [4.69, 9.17) is 0 Å². The maximum absolute atomic E-state index is 10.4. The van der Waals surface area contributed by atoms with Crippen molar-refractivity contribution in [3.63, 3.8) is 0 Å². The molecule has 16 heavy (non-hydrogen) atoms. The molecular formula is C8H7N3O5. The number of phenolic OH excluding ortho intramolecular Hbond substituents is 1. The summed E-state index contributed by atoms with van der Waals surface area (Å²) in [4.78, 5) is 19.0. The van der Waals surface area contributed by atoms with Gasteiger partial charge in [0.05, 0.1) is 21.7 Å². The van der Waals surface area contributed by atoms with Crippen LogP contribution in [0, 0.1) is 20.2 Å². The first-order chi connectivity index (χ1) is 7.50. The Labute approximate surface area is 89.1 Å². The van der Waals surface area contributed by atoms with E-state index in [0.717, 1.165) is 24.4 Å². The van der Waals surface area contributed by atoms with E-state index in [-0.39, 0.29) is 17.1 Å². The highest BCUT2D eigenvalue weighted by molar-refractivity contribution is 5.61. The van der Waals surface area contributed by atoms with Crippen molar-refractivity contribution < 1.29 is 15.0 Å². The molecule has 8 heteroatoms. The maximum atomic E-state index is 10.4. The first-order valence-corrected chi connectivity index (χ1v) is 4.05. The van der Waals surface area contributed by atoms with Crippen LogP contribution in [0.3, 0.4) is 0 Å². The Bertz CT molecular complexity index is 457. The molecule has 2 N–H and O–H groups in total. The van der Waals surface area contributed by atoms with Crippen LogP contribution in [-0.2, 0) is 0 Å². The molecule has 0 saturated carbocycles. The highest BCUT2D eigenvalue weighted by atomic mass is 16.6. The van der Waals surface area contributed by atoms with Crippen LogP contribution >= 0.6 is 0 Å². The predicted molar refractivity (Wildman–Crippen MR) is 54.5 cm³/mol. The van der Waals surface area contributed by atoms with Crippen molar-refractivity contribution in [3.05, 3.63) is 50.8 Å². The van der Waals surface area contributed by atoms with Gasteiger partial charge in [0.1, 0.15) is 5.75 Å². The van der Waals surface area contributed by atoms with Crippen LogP contribution in [0.4, 0.5) is 11.4 Å². The van der Waals surface area contributed by atoms with Gasteiger partial charge in [0.2, 0.25) is 6.20 Å². The summed E-state index contributed by atoms with van der Waals surface area (Å²) in [6.45, 7) is 0. The van der Waals surface area contributed by atoms with E-state index < -0.39 is 9.85 Å². The number of nitrogens with one attached hydrogen (secondary N) is 1. The molecule has 0 bridgehead atoms. The number of non-ortho nitro benzene ring substituents is 1. The Hall–Kier alpha value is -2.64. The molecule has 0 saturated heterocycles. The largest absolute Gasteiger partial charge is 0.506 e. The van der Waals surface area contributed by atoms with Gasteiger partial charge < -0.3 is 10.4 Å². The van der Waals surface area contributed by atoms with E-state index in [2.05, 4.69) is 5.32 Å². The zero-order chi connectivity index (χ0) is 12.1. The maximum Gasteiger partial charge on any atom is 0.271 e. The molecule has 0 amide bonds. The van der Waals surface area contributed by atoms with Gasteiger partial charge in [-0.25, -0.2) is 0 Å². The van der Waals surface area contributed by atoms with Gasteiger partial charge in [-0.15, -0.1) is 0 Å². The summed E-state index contributed by atoms with van der Waals surface area (Å²) in [5, 5.41) is 32.0. The summed E-state index contributed by atoms with van der Waals surface area (Å²) in [5.74, 6) is -0.237. The second kappa shape index (κ2) is 4.73. The van der Waals surface area contributed by atoms with Crippen molar-refractivity contribution in [2.75, 3.05) is 5.32 Å². The van der Waals surface area contributed by atoms with Crippen LogP contribution in [0.5, 0.6) is 5.75 Å². The Kier molecular flexibility index (Phi) is 3.38. The molecule has 0 fully saturated rings. The quantitative estimate of drug-likeness (QED) is 0.454. The van der Waals surface area contributed by atoms with Gasteiger partial charge in [-0.2, -0.15) is 0 Å². The van der Waals surface area contributed by atoms with Gasteiger partial charge in [0.25, 0.3) is 5.69 Å². The molecule has 0 aliphatic heterocycles. The normalized spacial score (nSPS) is 10.2. The van der Waals surface area contributed by atoms with Crippen LogP contribution in [0.15, 0.2) is 30.6 Å². The lowest BCUT2D eigenvalue weighted by molar-refractivity contribution is -0.402. The van der Waals surface area contributed by atoms with E-state index in [1.807, 2.05) is 0 Å². The van der Waals surface area contributed by atoms with Crippen molar-refractivity contribution in [3.8, 4) is 5.75 Å². The fourth-order valence-corrected chi connectivity index (χ4v) is 0.941. The molecule has 0 unspecified atom stereocenters. The van der Waals surface area contributed by atoms with Crippen LogP contribution in [0.2, 0.25) is 0 Å². The number of hydrogen-bond donors (Lipinski definition) is 2. The summed E-state index contributed by atoms with van der Waals surface area (Å²) < 4.78 is 0. The van der Waals surface area contributed by atoms with Crippen LogP contribution < -0.4 is 5.32 Å².